The monoisotopic (exact) mass is 367 g/mol. The van der Waals surface area contributed by atoms with Crippen molar-refractivity contribution in [2.75, 3.05) is 26.4 Å². The van der Waals surface area contributed by atoms with Crippen LogP contribution in [0.15, 0.2) is 0 Å². The summed E-state index contributed by atoms with van der Waals surface area (Å²) in [5, 5.41) is 8.13. The molecule has 0 amide bonds. The minimum Gasteiger partial charge on any atom is -0.379 e. The number of hydrogen-bond acceptors (Lipinski definition) is 4. The van der Waals surface area contributed by atoms with Crippen molar-refractivity contribution in [1.82, 2.24) is 0 Å². The standard InChI is InChI=1S/C22H41NO3/c1-4-5-13-25-15-16-26-14-12-21-17-20(21)10-6-8-18(2)22(23)11-7-9-19(3)24/h18,20-21,23H,4-17H2,1-3H3. The van der Waals surface area contributed by atoms with Crippen LogP contribution in [-0.2, 0) is 14.3 Å². The summed E-state index contributed by atoms with van der Waals surface area (Å²) in [5.74, 6) is 2.35. The number of carbonyl (C=O) groups excluding carboxylic acids is 1. The Kier molecular flexibility index (Phi) is 12.8. The predicted molar refractivity (Wildman–Crippen MR) is 108 cm³/mol. The summed E-state index contributed by atoms with van der Waals surface area (Å²) in [6.07, 6.45) is 10.8. The first-order valence-electron chi connectivity index (χ1n) is 10.8. The van der Waals surface area contributed by atoms with Crippen molar-refractivity contribution < 1.29 is 14.3 Å². The van der Waals surface area contributed by atoms with Gasteiger partial charge in [-0.2, -0.15) is 0 Å². The van der Waals surface area contributed by atoms with E-state index in [4.69, 9.17) is 14.9 Å². The van der Waals surface area contributed by atoms with Crippen molar-refractivity contribution in [3.05, 3.63) is 0 Å². The third-order valence-electron chi connectivity index (χ3n) is 5.50. The minimum absolute atomic E-state index is 0.234. The molecule has 4 heteroatoms. The number of Topliss-reactive ketones (excluding diaryl/α,β-unsaturated/α-hetero) is 1. The fourth-order valence-corrected chi connectivity index (χ4v) is 3.46. The Bertz CT molecular complexity index is 397. The predicted octanol–water partition coefficient (Wildman–Crippen LogP) is 5.43. The van der Waals surface area contributed by atoms with Crippen LogP contribution < -0.4 is 0 Å². The van der Waals surface area contributed by atoms with Gasteiger partial charge in [0.1, 0.15) is 5.78 Å². The van der Waals surface area contributed by atoms with E-state index in [0.717, 1.165) is 69.7 Å². The van der Waals surface area contributed by atoms with E-state index >= 15 is 0 Å². The summed E-state index contributed by atoms with van der Waals surface area (Å²) in [7, 11) is 0. The molecule has 26 heavy (non-hydrogen) atoms. The second-order valence-corrected chi connectivity index (χ2v) is 8.04. The van der Waals surface area contributed by atoms with Gasteiger partial charge in [-0.25, -0.2) is 0 Å². The molecule has 0 aromatic carbocycles. The van der Waals surface area contributed by atoms with E-state index in [1.54, 1.807) is 6.92 Å². The van der Waals surface area contributed by atoms with Crippen LogP contribution in [0.3, 0.4) is 0 Å². The lowest BCUT2D eigenvalue weighted by Gasteiger charge is -2.12. The number of hydrogen-bond donors (Lipinski definition) is 1. The molecular weight excluding hydrogens is 326 g/mol. The van der Waals surface area contributed by atoms with Crippen molar-refractivity contribution in [3.8, 4) is 0 Å². The zero-order valence-electron chi connectivity index (χ0n) is 17.4. The number of ketones is 1. The minimum atomic E-state index is 0.234. The molecule has 4 nitrogen and oxygen atoms in total. The van der Waals surface area contributed by atoms with Gasteiger partial charge in [0.05, 0.1) is 13.2 Å². The molecule has 0 aromatic rings. The van der Waals surface area contributed by atoms with Crippen molar-refractivity contribution in [2.24, 2.45) is 17.8 Å². The van der Waals surface area contributed by atoms with Crippen molar-refractivity contribution in [2.45, 2.75) is 85.0 Å². The maximum absolute atomic E-state index is 11.0. The van der Waals surface area contributed by atoms with Crippen LogP contribution in [-0.4, -0.2) is 37.9 Å². The highest BCUT2D eigenvalue weighted by atomic mass is 16.5. The molecule has 0 heterocycles. The largest absolute Gasteiger partial charge is 0.379 e. The quantitative estimate of drug-likeness (QED) is 0.259. The number of ether oxygens (including phenoxy) is 2. The summed E-state index contributed by atoms with van der Waals surface area (Å²) in [4.78, 5) is 11.0. The van der Waals surface area contributed by atoms with Crippen LogP contribution in [0.5, 0.6) is 0 Å². The van der Waals surface area contributed by atoms with Crippen molar-refractivity contribution in [1.29, 1.82) is 5.41 Å². The van der Waals surface area contributed by atoms with Gasteiger partial charge in [0.25, 0.3) is 0 Å². The van der Waals surface area contributed by atoms with Crippen LogP contribution in [0, 0.1) is 23.2 Å². The Morgan fingerprint density at radius 2 is 1.69 bits per heavy atom. The highest BCUT2D eigenvalue weighted by molar-refractivity contribution is 5.84. The van der Waals surface area contributed by atoms with Crippen LogP contribution >= 0.6 is 0 Å². The molecule has 0 radical (unpaired) electrons. The average Bonchev–Trinajstić information content (AvgIpc) is 3.35. The van der Waals surface area contributed by atoms with Gasteiger partial charge in [-0.05, 0) is 63.2 Å². The zero-order chi connectivity index (χ0) is 19.2. The summed E-state index contributed by atoms with van der Waals surface area (Å²) >= 11 is 0. The van der Waals surface area contributed by atoms with E-state index in [0.29, 0.717) is 12.3 Å². The number of unbranched alkanes of at least 4 members (excludes halogenated alkanes) is 1. The van der Waals surface area contributed by atoms with Gasteiger partial charge in [-0.15, -0.1) is 0 Å². The van der Waals surface area contributed by atoms with Crippen molar-refractivity contribution >= 4 is 11.5 Å². The third-order valence-corrected chi connectivity index (χ3v) is 5.50. The fraction of sp³-hybridized carbons (Fsp3) is 0.909. The lowest BCUT2D eigenvalue weighted by atomic mass is 9.94. The molecule has 1 N–H and O–H groups in total. The molecule has 0 bridgehead atoms. The highest BCUT2D eigenvalue weighted by Gasteiger charge is 2.35. The van der Waals surface area contributed by atoms with Gasteiger partial charge in [0, 0.05) is 25.3 Å². The van der Waals surface area contributed by atoms with Crippen LogP contribution in [0.1, 0.15) is 85.0 Å². The van der Waals surface area contributed by atoms with E-state index in [-0.39, 0.29) is 5.78 Å². The molecule has 3 unspecified atom stereocenters. The number of rotatable bonds is 18. The Balaban J connectivity index is 1.90. The fourth-order valence-electron chi connectivity index (χ4n) is 3.46. The second kappa shape index (κ2) is 14.3. The number of nitrogens with one attached hydrogen (secondary N) is 1. The van der Waals surface area contributed by atoms with E-state index in [2.05, 4.69) is 13.8 Å². The Morgan fingerprint density at radius 3 is 2.38 bits per heavy atom. The van der Waals surface area contributed by atoms with Gasteiger partial charge in [0.15, 0.2) is 0 Å². The Morgan fingerprint density at radius 1 is 1.00 bits per heavy atom. The molecule has 3 atom stereocenters. The molecule has 1 aliphatic rings. The summed E-state index contributed by atoms with van der Waals surface area (Å²) < 4.78 is 11.2. The van der Waals surface area contributed by atoms with E-state index in [1.165, 1.54) is 32.1 Å². The van der Waals surface area contributed by atoms with Crippen LogP contribution in [0.2, 0.25) is 0 Å². The first kappa shape index (κ1) is 23.3. The van der Waals surface area contributed by atoms with Gasteiger partial charge in [0.2, 0.25) is 0 Å². The van der Waals surface area contributed by atoms with Gasteiger partial charge in [-0.1, -0.05) is 33.1 Å². The zero-order valence-corrected chi connectivity index (χ0v) is 17.4. The number of carbonyl (C=O) groups is 1. The summed E-state index contributed by atoms with van der Waals surface area (Å²) in [6.45, 7) is 9.15. The molecule has 1 fully saturated rings. The van der Waals surface area contributed by atoms with Crippen LogP contribution in [0.25, 0.3) is 0 Å². The molecule has 0 spiro atoms. The summed E-state index contributed by atoms with van der Waals surface area (Å²) in [5.41, 5.74) is 0.827. The first-order chi connectivity index (χ1) is 12.5. The van der Waals surface area contributed by atoms with Crippen molar-refractivity contribution in [3.63, 3.8) is 0 Å². The summed E-state index contributed by atoms with van der Waals surface area (Å²) in [6, 6.07) is 0. The SMILES string of the molecule is CCCCOCCOCCC1CC1CCCC(C)C(=N)CCCC(C)=O. The molecule has 1 rings (SSSR count). The lowest BCUT2D eigenvalue weighted by molar-refractivity contribution is -0.117. The second-order valence-electron chi connectivity index (χ2n) is 8.04. The molecule has 1 saturated carbocycles. The van der Waals surface area contributed by atoms with E-state index < -0.39 is 0 Å². The Labute approximate surface area is 160 Å². The molecule has 152 valence electrons. The van der Waals surface area contributed by atoms with Crippen LogP contribution in [0.4, 0.5) is 0 Å². The maximum Gasteiger partial charge on any atom is 0.129 e. The first-order valence-corrected chi connectivity index (χ1v) is 10.8. The topological polar surface area (TPSA) is 59.4 Å². The molecule has 1 aliphatic carbocycles. The third kappa shape index (κ3) is 11.8. The smallest absolute Gasteiger partial charge is 0.129 e. The lowest BCUT2D eigenvalue weighted by Crippen LogP contribution is -2.10. The molecule has 0 aliphatic heterocycles. The average molecular weight is 368 g/mol. The molecular formula is C22H41NO3. The van der Waals surface area contributed by atoms with E-state index in [9.17, 15) is 4.79 Å². The van der Waals surface area contributed by atoms with Gasteiger partial charge in [-0.3, -0.25) is 0 Å². The molecule has 0 aromatic heterocycles. The van der Waals surface area contributed by atoms with Gasteiger partial charge < -0.3 is 19.7 Å². The maximum atomic E-state index is 11.0. The Hall–Kier alpha value is -0.740. The normalized spacial score (nSPS) is 20.1. The van der Waals surface area contributed by atoms with E-state index in [1.807, 2.05) is 0 Å². The van der Waals surface area contributed by atoms with Gasteiger partial charge >= 0.3 is 0 Å². The highest BCUT2D eigenvalue weighted by Crippen LogP contribution is 2.44. The molecule has 0 saturated heterocycles.